The van der Waals surface area contributed by atoms with Gasteiger partial charge in [-0.05, 0) is 54.4 Å². The second-order valence-electron chi connectivity index (χ2n) is 5.39. The van der Waals surface area contributed by atoms with Gasteiger partial charge in [0.05, 0.1) is 5.38 Å². The zero-order chi connectivity index (χ0) is 13.1. The number of alkyl halides is 1. The van der Waals surface area contributed by atoms with Gasteiger partial charge in [-0.1, -0.05) is 48.5 Å². The first-order valence-corrected chi connectivity index (χ1v) is 7.56. The van der Waals surface area contributed by atoms with E-state index >= 15 is 0 Å². The van der Waals surface area contributed by atoms with Gasteiger partial charge in [0.1, 0.15) is 0 Å². The summed E-state index contributed by atoms with van der Waals surface area (Å²) in [4.78, 5) is 0. The Labute approximate surface area is 120 Å². The highest BCUT2D eigenvalue weighted by atomic mass is 35.5. The fraction of sp³-hybridized carbons (Fsp3) is 0.333. The number of benzene rings is 2. The minimum Gasteiger partial charge on any atom is -0.117 e. The van der Waals surface area contributed by atoms with Crippen LogP contribution in [0.2, 0.25) is 0 Å². The van der Waals surface area contributed by atoms with Gasteiger partial charge < -0.3 is 0 Å². The Hall–Kier alpha value is -1.27. The van der Waals surface area contributed by atoms with Gasteiger partial charge in [0.2, 0.25) is 0 Å². The minimum atomic E-state index is 0.0784. The molecule has 0 bridgehead atoms. The summed E-state index contributed by atoms with van der Waals surface area (Å²) in [6.07, 6.45) is 6.02. The maximum atomic E-state index is 6.58. The van der Waals surface area contributed by atoms with Crippen molar-refractivity contribution in [3.05, 3.63) is 70.8 Å². The van der Waals surface area contributed by atoms with E-state index in [2.05, 4.69) is 42.5 Å². The Bertz CT molecular complexity index is 545. The molecular formula is C18H19Cl. The molecule has 0 amide bonds. The van der Waals surface area contributed by atoms with Gasteiger partial charge in [-0.2, -0.15) is 0 Å². The van der Waals surface area contributed by atoms with E-state index in [0.717, 1.165) is 6.42 Å². The van der Waals surface area contributed by atoms with Crippen LogP contribution >= 0.6 is 11.6 Å². The van der Waals surface area contributed by atoms with Gasteiger partial charge in [-0.25, -0.2) is 0 Å². The second-order valence-corrected chi connectivity index (χ2v) is 5.92. The predicted octanol–water partition coefficient (Wildman–Crippen LogP) is 5.09. The maximum absolute atomic E-state index is 6.58. The van der Waals surface area contributed by atoms with Gasteiger partial charge in [0, 0.05) is 0 Å². The van der Waals surface area contributed by atoms with Gasteiger partial charge in [0.15, 0.2) is 0 Å². The van der Waals surface area contributed by atoms with E-state index in [9.17, 15) is 0 Å². The zero-order valence-corrected chi connectivity index (χ0v) is 11.9. The molecule has 0 saturated carbocycles. The normalized spacial score (nSPS) is 15.8. The average molecular weight is 271 g/mol. The van der Waals surface area contributed by atoms with Crippen molar-refractivity contribution in [2.45, 2.75) is 37.5 Å². The number of hydrogen-bond acceptors (Lipinski definition) is 0. The molecule has 0 saturated heterocycles. The first-order chi connectivity index (χ1) is 9.33. The van der Waals surface area contributed by atoms with Crippen molar-refractivity contribution in [1.29, 1.82) is 0 Å². The van der Waals surface area contributed by atoms with Crippen LogP contribution in [0.5, 0.6) is 0 Å². The van der Waals surface area contributed by atoms with E-state index in [1.165, 1.54) is 47.9 Å². The lowest BCUT2D eigenvalue weighted by Crippen LogP contribution is -2.04. The second kappa shape index (κ2) is 5.79. The highest BCUT2D eigenvalue weighted by Crippen LogP contribution is 2.29. The molecular weight excluding hydrogens is 252 g/mol. The SMILES string of the molecule is ClC(Cc1ccccc1)c1ccc2c(c1)CCCC2. The molecule has 0 heterocycles. The molecule has 1 aliphatic rings. The summed E-state index contributed by atoms with van der Waals surface area (Å²) in [6.45, 7) is 0. The van der Waals surface area contributed by atoms with Crippen LogP contribution in [0.25, 0.3) is 0 Å². The molecule has 1 aliphatic carbocycles. The first-order valence-electron chi connectivity index (χ1n) is 7.12. The molecule has 0 aromatic heterocycles. The van der Waals surface area contributed by atoms with E-state index in [4.69, 9.17) is 11.6 Å². The molecule has 0 aliphatic heterocycles. The van der Waals surface area contributed by atoms with Crippen LogP contribution in [-0.4, -0.2) is 0 Å². The summed E-state index contributed by atoms with van der Waals surface area (Å²) in [5.41, 5.74) is 5.62. The van der Waals surface area contributed by atoms with Crippen molar-refractivity contribution < 1.29 is 0 Å². The van der Waals surface area contributed by atoms with Gasteiger partial charge >= 0.3 is 0 Å². The van der Waals surface area contributed by atoms with Crippen molar-refractivity contribution in [3.8, 4) is 0 Å². The van der Waals surface area contributed by atoms with Crippen molar-refractivity contribution in [1.82, 2.24) is 0 Å². The first kappa shape index (κ1) is 12.7. The van der Waals surface area contributed by atoms with E-state index < -0.39 is 0 Å². The van der Waals surface area contributed by atoms with Crippen molar-refractivity contribution in [2.24, 2.45) is 0 Å². The third-order valence-corrected chi connectivity index (χ3v) is 4.40. The summed E-state index contributed by atoms with van der Waals surface area (Å²) in [5.74, 6) is 0. The Morgan fingerprint density at radius 1 is 0.895 bits per heavy atom. The average Bonchev–Trinajstić information content (AvgIpc) is 2.48. The summed E-state index contributed by atoms with van der Waals surface area (Å²) in [7, 11) is 0. The number of halogens is 1. The zero-order valence-electron chi connectivity index (χ0n) is 11.1. The van der Waals surface area contributed by atoms with Crippen LogP contribution < -0.4 is 0 Å². The van der Waals surface area contributed by atoms with Crippen LogP contribution in [0.15, 0.2) is 48.5 Å². The summed E-state index contributed by atoms with van der Waals surface area (Å²) in [5, 5.41) is 0.0784. The molecule has 0 spiro atoms. The lowest BCUT2D eigenvalue weighted by molar-refractivity contribution is 0.683. The molecule has 0 radical (unpaired) electrons. The molecule has 1 unspecified atom stereocenters. The fourth-order valence-corrected chi connectivity index (χ4v) is 3.20. The number of aryl methyl sites for hydroxylation is 2. The van der Waals surface area contributed by atoms with Gasteiger partial charge in [-0.15, -0.1) is 11.6 Å². The van der Waals surface area contributed by atoms with Crippen LogP contribution in [0.4, 0.5) is 0 Å². The smallest absolute Gasteiger partial charge is 0.0625 e. The van der Waals surface area contributed by atoms with Crippen LogP contribution in [0.1, 0.15) is 40.5 Å². The molecule has 19 heavy (non-hydrogen) atoms. The lowest BCUT2D eigenvalue weighted by atomic mass is 9.89. The van der Waals surface area contributed by atoms with E-state index in [-0.39, 0.29) is 5.38 Å². The summed E-state index contributed by atoms with van der Waals surface area (Å²) in [6, 6.07) is 17.3. The molecule has 1 atom stereocenters. The highest BCUT2D eigenvalue weighted by molar-refractivity contribution is 6.20. The van der Waals surface area contributed by atoms with Gasteiger partial charge in [-0.3, -0.25) is 0 Å². The summed E-state index contributed by atoms with van der Waals surface area (Å²) < 4.78 is 0. The van der Waals surface area contributed by atoms with Crippen LogP contribution in [-0.2, 0) is 19.3 Å². The standard InChI is InChI=1S/C18H19Cl/c19-18(12-14-6-2-1-3-7-14)17-11-10-15-8-4-5-9-16(15)13-17/h1-3,6-7,10-11,13,18H,4-5,8-9,12H2. The van der Waals surface area contributed by atoms with E-state index in [1.54, 1.807) is 0 Å². The van der Waals surface area contributed by atoms with Gasteiger partial charge in [0.25, 0.3) is 0 Å². The topological polar surface area (TPSA) is 0 Å². The number of fused-ring (bicyclic) bond motifs is 1. The molecule has 3 rings (SSSR count). The van der Waals surface area contributed by atoms with E-state index in [0.29, 0.717) is 0 Å². The maximum Gasteiger partial charge on any atom is 0.0625 e. The molecule has 1 heteroatoms. The number of rotatable bonds is 3. The molecule has 2 aromatic rings. The Morgan fingerprint density at radius 3 is 2.42 bits per heavy atom. The Morgan fingerprint density at radius 2 is 1.63 bits per heavy atom. The number of hydrogen-bond donors (Lipinski definition) is 0. The minimum absolute atomic E-state index is 0.0784. The highest BCUT2D eigenvalue weighted by Gasteiger charge is 2.13. The van der Waals surface area contributed by atoms with E-state index in [1.807, 2.05) is 6.07 Å². The van der Waals surface area contributed by atoms with Crippen LogP contribution in [0.3, 0.4) is 0 Å². The Kier molecular flexibility index (Phi) is 3.89. The van der Waals surface area contributed by atoms with Crippen molar-refractivity contribution >= 4 is 11.6 Å². The fourth-order valence-electron chi connectivity index (χ4n) is 2.89. The lowest BCUT2D eigenvalue weighted by Gasteiger charge is -2.18. The molecule has 98 valence electrons. The monoisotopic (exact) mass is 270 g/mol. The Balaban J connectivity index is 1.78. The molecule has 0 N–H and O–H groups in total. The van der Waals surface area contributed by atoms with Crippen LogP contribution in [0, 0.1) is 0 Å². The third-order valence-electron chi connectivity index (χ3n) is 3.99. The molecule has 2 aromatic carbocycles. The van der Waals surface area contributed by atoms with Crippen molar-refractivity contribution in [2.75, 3.05) is 0 Å². The molecule has 0 fully saturated rings. The third kappa shape index (κ3) is 3.01. The van der Waals surface area contributed by atoms with Crippen molar-refractivity contribution in [3.63, 3.8) is 0 Å². The summed E-state index contributed by atoms with van der Waals surface area (Å²) >= 11 is 6.58. The predicted molar refractivity (Wildman–Crippen MR) is 81.8 cm³/mol. The quantitative estimate of drug-likeness (QED) is 0.682. The molecule has 0 nitrogen and oxygen atoms in total. The largest absolute Gasteiger partial charge is 0.117 e.